The van der Waals surface area contributed by atoms with Crippen LogP contribution in [0.3, 0.4) is 0 Å². The van der Waals surface area contributed by atoms with Gasteiger partial charge in [-0.15, -0.1) is 0 Å². The molecule has 222 valence electrons. The number of aryl methyl sites for hydroxylation is 1. The van der Waals surface area contributed by atoms with Gasteiger partial charge in [-0.05, 0) is 73.1 Å². The molecular formula is C32H36ClN3O5S. The molecule has 2 fully saturated rings. The normalized spacial score (nSPS) is 17.5. The van der Waals surface area contributed by atoms with Gasteiger partial charge in [0.25, 0.3) is 0 Å². The monoisotopic (exact) mass is 609 g/mol. The maximum absolute atomic E-state index is 13.9. The molecule has 3 aromatic rings. The summed E-state index contributed by atoms with van der Waals surface area (Å²) in [6.07, 6.45) is 4.09. The van der Waals surface area contributed by atoms with Gasteiger partial charge in [0.15, 0.2) is 0 Å². The average Bonchev–Trinajstić information content (AvgIpc) is 3.64. The summed E-state index contributed by atoms with van der Waals surface area (Å²) in [5, 5.41) is 3.61. The fourth-order valence-corrected chi connectivity index (χ4v) is 6.48. The maximum Gasteiger partial charge on any atom is 0.247 e. The summed E-state index contributed by atoms with van der Waals surface area (Å²) in [6, 6.07) is 22.3. The number of rotatable bonds is 13. The third kappa shape index (κ3) is 8.19. The lowest BCUT2D eigenvalue weighted by molar-refractivity contribution is -0.141. The number of benzene rings is 3. The number of carbonyl (C=O) groups is 2. The number of ether oxygens (including phenoxy) is 1. The van der Waals surface area contributed by atoms with Gasteiger partial charge in [-0.25, -0.2) is 13.1 Å². The lowest BCUT2D eigenvalue weighted by atomic mass is 10.0. The highest BCUT2D eigenvalue weighted by molar-refractivity contribution is 7.89. The van der Waals surface area contributed by atoms with Crippen LogP contribution in [0.2, 0.25) is 5.02 Å². The summed E-state index contributed by atoms with van der Waals surface area (Å²) < 4.78 is 33.4. The van der Waals surface area contributed by atoms with Gasteiger partial charge >= 0.3 is 0 Å². The van der Waals surface area contributed by atoms with Crippen LogP contribution < -0.4 is 10.0 Å². The summed E-state index contributed by atoms with van der Waals surface area (Å²) in [5.41, 5.74) is 2.39. The van der Waals surface area contributed by atoms with Gasteiger partial charge in [-0.3, -0.25) is 9.59 Å². The molecule has 1 heterocycles. The van der Waals surface area contributed by atoms with Crippen molar-refractivity contribution >= 4 is 33.4 Å². The van der Waals surface area contributed by atoms with Crippen LogP contribution in [0.25, 0.3) is 0 Å². The van der Waals surface area contributed by atoms with Crippen LogP contribution >= 0.6 is 11.6 Å². The molecular weight excluding hydrogens is 574 g/mol. The smallest absolute Gasteiger partial charge is 0.247 e. The molecule has 2 N–H and O–H groups in total. The number of sulfonamides is 1. The van der Waals surface area contributed by atoms with Crippen molar-refractivity contribution in [2.24, 2.45) is 0 Å². The second-order valence-electron chi connectivity index (χ2n) is 10.9. The van der Waals surface area contributed by atoms with Crippen LogP contribution in [0.5, 0.6) is 0 Å². The van der Waals surface area contributed by atoms with Crippen LogP contribution in [0.4, 0.5) is 0 Å². The average molecular weight is 610 g/mol. The molecule has 1 aliphatic heterocycles. The van der Waals surface area contributed by atoms with Crippen molar-refractivity contribution in [2.45, 2.75) is 68.2 Å². The van der Waals surface area contributed by atoms with Crippen LogP contribution in [-0.4, -0.2) is 50.4 Å². The Morgan fingerprint density at radius 3 is 2.26 bits per heavy atom. The zero-order chi connectivity index (χ0) is 29.5. The first kappa shape index (κ1) is 30.2. The third-order valence-corrected chi connectivity index (χ3v) is 9.34. The van der Waals surface area contributed by atoms with Crippen LogP contribution in [0.1, 0.15) is 54.8 Å². The SMILES string of the molecule is O=C(NCC1CCCO1)C(c1ccccc1)N(Cc1ccc(Cl)cc1)C(=O)CCc1ccc(S(=O)(=O)NC2CC2)cc1. The first-order chi connectivity index (χ1) is 20.3. The van der Waals surface area contributed by atoms with E-state index in [1.807, 2.05) is 42.5 Å². The highest BCUT2D eigenvalue weighted by Crippen LogP contribution is 2.27. The van der Waals surface area contributed by atoms with E-state index in [9.17, 15) is 18.0 Å². The highest BCUT2D eigenvalue weighted by atomic mass is 35.5. The number of carbonyl (C=O) groups excluding carboxylic acids is 2. The quantitative estimate of drug-likeness (QED) is 0.290. The van der Waals surface area contributed by atoms with E-state index in [-0.39, 0.29) is 41.8 Å². The molecule has 0 radical (unpaired) electrons. The fraction of sp³-hybridized carbons (Fsp3) is 0.375. The molecule has 8 nitrogen and oxygen atoms in total. The molecule has 2 aliphatic rings. The minimum Gasteiger partial charge on any atom is -0.376 e. The molecule has 2 atom stereocenters. The molecule has 10 heteroatoms. The lowest BCUT2D eigenvalue weighted by Crippen LogP contribution is -2.45. The van der Waals surface area contributed by atoms with E-state index in [0.29, 0.717) is 30.2 Å². The van der Waals surface area contributed by atoms with Crippen molar-refractivity contribution in [3.8, 4) is 0 Å². The highest BCUT2D eigenvalue weighted by Gasteiger charge is 2.32. The van der Waals surface area contributed by atoms with Gasteiger partial charge in [0.1, 0.15) is 6.04 Å². The van der Waals surface area contributed by atoms with Crippen molar-refractivity contribution in [1.29, 1.82) is 0 Å². The molecule has 42 heavy (non-hydrogen) atoms. The predicted molar refractivity (Wildman–Crippen MR) is 161 cm³/mol. The van der Waals surface area contributed by atoms with Crippen LogP contribution in [0.15, 0.2) is 83.8 Å². The predicted octanol–water partition coefficient (Wildman–Crippen LogP) is 4.78. The van der Waals surface area contributed by atoms with Gasteiger partial charge in [0.05, 0.1) is 11.0 Å². The molecule has 2 unspecified atom stereocenters. The largest absolute Gasteiger partial charge is 0.376 e. The minimum absolute atomic E-state index is 0.0272. The molecule has 1 aliphatic carbocycles. The van der Waals surface area contributed by atoms with Gasteiger partial charge in [-0.1, -0.05) is 66.2 Å². The zero-order valence-corrected chi connectivity index (χ0v) is 24.9. The molecule has 3 aromatic carbocycles. The van der Waals surface area contributed by atoms with Gasteiger partial charge in [-0.2, -0.15) is 0 Å². The Morgan fingerprint density at radius 2 is 1.62 bits per heavy atom. The second-order valence-corrected chi connectivity index (χ2v) is 13.0. The summed E-state index contributed by atoms with van der Waals surface area (Å²) >= 11 is 6.11. The van der Waals surface area contributed by atoms with E-state index in [1.54, 1.807) is 41.3 Å². The van der Waals surface area contributed by atoms with E-state index in [0.717, 1.165) is 36.8 Å². The van der Waals surface area contributed by atoms with E-state index < -0.39 is 16.1 Å². The van der Waals surface area contributed by atoms with E-state index in [4.69, 9.17) is 16.3 Å². The topological polar surface area (TPSA) is 105 Å². The summed E-state index contributed by atoms with van der Waals surface area (Å²) in [7, 11) is -3.55. The summed E-state index contributed by atoms with van der Waals surface area (Å²) in [4.78, 5) is 29.5. The Bertz CT molecular complexity index is 1460. The molecule has 1 saturated carbocycles. The Morgan fingerprint density at radius 1 is 0.929 bits per heavy atom. The third-order valence-electron chi connectivity index (χ3n) is 7.55. The standard InChI is InChI=1S/C32H36ClN3O5S/c33-26-13-8-24(9-14-26)22-36(31(25-5-2-1-3-6-25)32(38)34-21-28-7-4-20-41-28)30(37)19-12-23-10-17-29(18-11-23)42(39,40)35-27-15-16-27/h1-3,5-6,8-11,13-14,17-18,27-28,31,35H,4,7,12,15-16,19-22H2,(H,34,38). The molecule has 2 amide bonds. The van der Waals surface area contributed by atoms with Crippen molar-refractivity contribution in [3.63, 3.8) is 0 Å². The number of nitrogens with one attached hydrogen (secondary N) is 2. The lowest BCUT2D eigenvalue weighted by Gasteiger charge is -2.32. The Kier molecular flexibility index (Phi) is 9.95. The number of halogens is 1. The Hall–Kier alpha value is -3.24. The van der Waals surface area contributed by atoms with E-state index >= 15 is 0 Å². The van der Waals surface area contributed by atoms with Crippen molar-refractivity contribution in [2.75, 3.05) is 13.2 Å². The first-order valence-corrected chi connectivity index (χ1v) is 16.2. The molecule has 5 rings (SSSR count). The Labute approximate surface area is 252 Å². The number of nitrogens with zero attached hydrogens (tertiary/aromatic N) is 1. The van der Waals surface area contributed by atoms with Gasteiger partial charge in [0.2, 0.25) is 21.8 Å². The van der Waals surface area contributed by atoms with Gasteiger partial charge < -0.3 is 15.0 Å². The number of amides is 2. The molecule has 0 spiro atoms. The van der Waals surface area contributed by atoms with Gasteiger partial charge in [0, 0.05) is 37.2 Å². The number of hydrogen-bond acceptors (Lipinski definition) is 5. The number of hydrogen-bond donors (Lipinski definition) is 2. The second kappa shape index (κ2) is 13.8. The fourth-order valence-electron chi connectivity index (χ4n) is 5.05. The first-order valence-electron chi connectivity index (χ1n) is 14.4. The van der Waals surface area contributed by atoms with E-state index in [1.165, 1.54) is 0 Å². The molecule has 1 saturated heterocycles. The molecule has 0 aromatic heterocycles. The Balaban J connectivity index is 1.35. The zero-order valence-electron chi connectivity index (χ0n) is 23.4. The van der Waals surface area contributed by atoms with Crippen molar-refractivity contribution < 1.29 is 22.7 Å². The van der Waals surface area contributed by atoms with Crippen LogP contribution in [-0.2, 0) is 37.3 Å². The summed E-state index contributed by atoms with van der Waals surface area (Å²) in [6.45, 7) is 1.29. The van der Waals surface area contributed by atoms with Crippen molar-refractivity contribution in [1.82, 2.24) is 14.9 Å². The van der Waals surface area contributed by atoms with Crippen molar-refractivity contribution in [3.05, 3.63) is 101 Å². The maximum atomic E-state index is 13.9. The molecule has 0 bridgehead atoms. The summed E-state index contributed by atoms with van der Waals surface area (Å²) in [5.74, 6) is -0.463. The van der Waals surface area contributed by atoms with E-state index in [2.05, 4.69) is 10.0 Å². The minimum atomic E-state index is -3.55. The van der Waals surface area contributed by atoms with Crippen LogP contribution in [0, 0.1) is 0 Å².